The Morgan fingerprint density at radius 2 is 2.45 bits per heavy atom. The summed E-state index contributed by atoms with van der Waals surface area (Å²) < 4.78 is 9.07. The Balaban J connectivity index is 3.26. The highest BCUT2D eigenvalue weighted by atomic mass is 16.6. The Bertz CT molecular complexity index is 132. The van der Waals surface area contributed by atoms with Gasteiger partial charge in [-0.2, -0.15) is 0 Å². The highest BCUT2D eigenvalue weighted by Crippen LogP contribution is 1.92. The van der Waals surface area contributed by atoms with Crippen molar-refractivity contribution in [2.24, 2.45) is 0 Å². The zero-order valence-corrected chi connectivity index (χ0v) is 6.45. The maximum Gasteiger partial charge on any atom is 0.330 e. The molecule has 0 spiro atoms. The number of hydrogen-bond donors (Lipinski definition) is 1. The van der Waals surface area contributed by atoms with Crippen molar-refractivity contribution >= 4 is 5.97 Å². The minimum absolute atomic E-state index is 0.139. The van der Waals surface area contributed by atoms with Crippen molar-refractivity contribution in [1.29, 1.82) is 0 Å². The summed E-state index contributed by atoms with van der Waals surface area (Å²) in [5.74, 6) is -0.492. The van der Waals surface area contributed by atoms with Crippen molar-refractivity contribution in [2.75, 3.05) is 13.7 Å². The topological polar surface area (TPSA) is 55.8 Å². The molecular weight excluding hydrogens is 148 g/mol. The summed E-state index contributed by atoms with van der Waals surface area (Å²) in [6.45, 7) is 3.35. The maximum absolute atomic E-state index is 10.4. The zero-order valence-electron chi connectivity index (χ0n) is 6.45. The first-order valence-electron chi connectivity index (χ1n) is 3.20. The molecule has 11 heavy (non-hydrogen) atoms. The van der Waals surface area contributed by atoms with Crippen LogP contribution in [-0.2, 0) is 14.3 Å². The molecule has 0 amide bonds. The Kier molecular flexibility index (Phi) is 5.42. The molecule has 0 aliphatic rings. The summed E-state index contributed by atoms with van der Waals surface area (Å²) >= 11 is 0. The second-order valence-corrected chi connectivity index (χ2v) is 1.85. The molecule has 0 aliphatic heterocycles. The lowest BCUT2D eigenvalue weighted by atomic mass is 10.4. The number of aliphatic hydroxyl groups is 1. The number of hydrogen-bond acceptors (Lipinski definition) is 4. The van der Waals surface area contributed by atoms with Crippen LogP contribution < -0.4 is 0 Å². The Morgan fingerprint density at radius 1 is 1.82 bits per heavy atom. The molecule has 1 atom stereocenters. The maximum atomic E-state index is 10.4. The van der Waals surface area contributed by atoms with Crippen molar-refractivity contribution in [3.63, 3.8) is 0 Å². The molecule has 4 heteroatoms. The smallest absolute Gasteiger partial charge is 0.330 e. The molecule has 0 rings (SSSR count). The number of aliphatic hydroxyl groups excluding tert-OH is 1. The molecule has 64 valence electrons. The van der Waals surface area contributed by atoms with Crippen LogP contribution in [0.25, 0.3) is 0 Å². The van der Waals surface area contributed by atoms with E-state index >= 15 is 0 Å². The Hall–Kier alpha value is -0.870. The normalized spacial score (nSPS) is 12.2. The van der Waals surface area contributed by atoms with E-state index in [1.165, 1.54) is 7.11 Å². The predicted octanol–water partition coefficient (Wildman–Crippen LogP) is 0.0705. The van der Waals surface area contributed by atoms with E-state index in [9.17, 15) is 4.79 Å². The fourth-order valence-corrected chi connectivity index (χ4v) is 0.437. The highest BCUT2D eigenvalue weighted by Gasteiger charge is 2.01. The molecule has 0 fully saturated rings. The van der Waals surface area contributed by atoms with Crippen molar-refractivity contribution < 1.29 is 19.4 Å². The minimum Gasteiger partial charge on any atom is -0.462 e. The van der Waals surface area contributed by atoms with Gasteiger partial charge in [0.2, 0.25) is 0 Å². The number of ether oxygens (including phenoxy) is 2. The van der Waals surface area contributed by atoms with Crippen LogP contribution in [0.4, 0.5) is 0 Å². The molecule has 4 nitrogen and oxygen atoms in total. The van der Waals surface area contributed by atoms with E-state index in [2.05, 4.69) is 16.1 Å². The van der Waals surface area contributed by atoms with Gasteiger partial charge in [0.05, 0.1) is 6.61 Å². The second kappa shape index (κ2) is 5.88. The molecular formula is C7H12O4. The van der Waals surface area contributed by atoms with E-state index in [1.807, 2.05) is 0 Å². The highest BCUT2D eigenvalue weighted by molar-refractivity contribution is 5.81. The van der Waals surface area contributed by atoms with E-state index in [1.54, 1.807) is 0 Å². The van der Waals surface area contributed by atoms with Gasteiger partial charge in [0.25, 0.3) is 0 Å². The average Bonchev–Trinajstić information content (AvgIpc) is 2.04. The standard InChI is InChI=1S/C7H12O4/c1-3-6(8)11-5-4-7(9)10-2/h3,7,9H,1,4-5H2,2H3. The fraction of sp³-hybridized carbons (Fsp3) is 0.571. The SMILES string of the molecule is C=CC(=O)OCCC(O)OC. The van der Waals surface area contributed by atoms with Gasteiger partial charge in [0.15, 0.2) is 6.29 Å². The van der Waals surface area contributed by atoms with Crippen molar-refractivity contribution in [1.82, 2.24) is 0 Å². The van der Waals surface area contributed by atoms with Gasteiger partial charge >= 0.3 is 5.97 Å². The van der Waals surface area contributed by atoms with Crippen LogP contribution in [-0.4, -0.2) is 31.1 Å². The third-order valence-corrected chi connectivity index (χ3v) is 1.05. The minimum atomic E-state index is -0.868. The first-order chi connectivity index (χ1) is 5.20. The summed E-state index contributed by atoms with van der Waals surface area (Å²) in [5.41, 5.74) is 0. The first kappa shape index (κ1) is 10.1. The van der Waals surface area contributed by atoms with E-state index in [4.69, 9.17) is 5.11 Å². The van der Waals surface area contributed by atoms with Crippen LogP contribution in [0.2, 0.25) is 0 Å². The van der Waals surface area contributed by atoms with Gasteiger partial charge < -0.3 is 14.6 Å². The van der Waals surface area contributed by atoms with Gasteiger partial charge in [-0.1, -0.05) is 6.58 Å². The summed E-state index contributed by atoms with van der Waals surface area (Å²) in [6, 6.07) is 0. The number of methoxy groups -OCH3 is 1. The molecule has 0 aromatic rings. The molecule has 0 aromatic heterocycles. The van der Waals surface area contributed by atoms with Gasteiger partial charge in [-0.3, -0.25) is 0 Å². The molecule has 0 saturated carbocycles. The third-order valence-electron chi connectivity index (χ3n) is 1.05. The molecule has 1 unspecified atom stereocenters. The van der Waals surface area contributed by atoms with Crippen molar-refractivity contribution in [2.45, 2.75) is 12.7 Å². The van der Waals surface area contributed by atoms with Crippen LogP contribution >= 0.6 is 0 Å². The molecule has 0 aliphatic carbocycles. The summed E-state index contributed by atoms with van der Waals surface area (Å²) in [4.78, 5) is 10.4. The van der Waals surface area contributed by atoms with E-state index in [-0.39, 0.29) is 13.0 Å². The van der Waals surface area contributed by atoms with Crippen LogP contribution in [0.15, 0.2) is 12.7 Å². The van der Waals surface area contributed by atoms with Crippen molar-refractivity contribution in [3.8, 4) is 0 Å². The van der Waals surface area contributed by atoms with Crippen LogP contribution in [0, 0.1) is 0 Å². The molecule has 0 bridgehead atoms. The summed E-state index contributed by atoms with van der Waals surface area (Å²) in [6.07, 6.45) is 0.475. The fourth-order valence-electron chi connectivity index (χ4n) is 0.437. The van der Waals surface area contributed by atoms with Crippen LogP contribution in [0.3, 0.4) is 0 Å². The lowest BCUT2D eigenvalue weighted by molar-refractivity contribution is -0.141. The lowest BCUT2D eigenvalue weighted by Gasteiger charge is -2.06. The second-order valence-electron chi connectivity index (χ2n) is 1.85. The Morgan fingerprint density at radius 3 is 2.91 bits per heavy atom. The lowest BCUT2D eigenvalue weighted by Crippen LogP contribution is -2.13. The van der Waals surface area contributed by atoms with Gasteiger partial charge in [-0.05, 0) is 0 Å². The molecule has 0 radical (unpaired) electrons. The van der Waals surface area contributed by atoms with Crippen molar-refractivity contribution in [3.05, 3.63) is 12.7 Å². The first-order valence-corrected chi connectivity index (χ1v) is 3.20. The van der Waals surface area contributed by atoms with E-state index in [0.717, 1.165) is 6.08 Å². The summed E-state index contributed by atoms with van der Waals surface area (Å²) in [7, 11) is 1.37. The number of carbonyl (C=O) groups is 1. The third kappa shape index (κ3) is 5.57. The van der Waals surface area contributed by atoms with E-state index < -0.39 is 12.3 Å². The number of carbonyl (C=O) groups excluding carboxylic acids is 1. The Labute approximate surface area is 65.4 Å². The number of rotatable bonds is 5. The quantitative estimate of drug-likeness (QED) is 0.351. The van der Waals surface area contributed by atoms with E-state index in [0.29, 0.717) is 0 Å². The van der Waals surface area contributed by atoms with Gasteiger partial charge in [0, 0.05) is 19.6 Å². The van der Waals surface area contributed by atoms with Crippen LogP contribution in [0.1, 0.15) is 6.42 Å². The largest absolute Gasteiger partial charge is 0.462 e. The predicted molar refractivity (Wildman–Crippen MR) is 38.8 cm³/mol. The molecule has 0 aromatic carbocycles. The summed E-state index contributed by atoms with van der Waals surface area (Å²) in [5, 5.41) is 8.80. The monoisotopic (exact) mass is 160 g/mol. The molecule has 0 saturated heterocycles. The zero-order chi connectivity index (χ0) is 8.69. The molecule has 1 N–H and O–H groups in total. The average molecular weight is 160 g/mol. The van der Waals surface area contributed by atoms with Gasteiger partial charge in [-0.25, -0.2) is 4.79 Å². The van der Waals surface area contributed by atoms with Gasteiger partial charge in [-0.15, -0.1) is 0 Å². The van der Waals surface area contributed by atoms with Crippen LogP contribution in [0.5, 0.6) is 0 Å². The number of esters is 1. The van der Waals surface area contributed by atoms with Gasteiger partial charge in [0.1, 0.15) is 0 Å². The molecule has 0 heterocycles.